The van der Waals surface area contributed by atoms with Crippen molar-refractivity contribution in [1.82, 2.24) is 0 Å². The molecule has 4 heteroatoms. The number of ketones is 1. The van der Waals surface area contributed by atoms with E-state index in [0.29, 0.717) is 6.42 Å². The van der Waals surface area contributed by atoms with Gasteiger partial charge in [-0.05, 0) is 6.42 Å². The van der Waals surface area contributed by atoms with Crippen LogP contribution < -0.4 is 0 Å². The van der Waals surface area contributed by atoms with Gasteiger partial charge in [0, 0.05) is 6.42 Å². The average molecular weight is 232 g/mol. The van der Waals surface area contributed by atoms with E-state index in [-0.39, 0.29) is 5.78 Å². The molecule has 0 saturated carbocycles. The number of carbonyl (C=O) groups is 1. The molecule has 0 spiro atoms. The molecule has 0 aromatic rings. The highest BCUT2D eigenvalue weighted by Gasteiger charge is 2.35. The van der Waals surface area contributed by atoms with Gasteiger partial charge in [0.1, 0.15) is 5.78 Å². The molecule has 0 aromatic heterocycles. The van der Waals surface area contributed by atoms with Crippen LogP contribution in [0.1, 0.15) is 45.4 Å². The summed E-state index contributed by atoms with van der Waals surface area (Å²) in [6.07, 6.45) is 5.50. The maximum Gasteiger partial charge on any atom is 0.145 e. The summed E-state index contributed by atoms with van der Waals surface area (Å²) in [5, 5.41) is 27.1. The van der Waals surface area contributed by atoms with Gasteiger partial charge >= 0.3 is 0 Å². The minimum Gasteiger partial charge on any atom is -0.395 e. The highest BCUT2D eigenvalue weighted by Crippen LogP contribution is 2.20. The molecule has 0 aliphatic heterocycles. The Kier molecular flexibility index (Phi) is 8.43. The molecule has 0 aliphatic carbocycles. The fourth-order valence-electron chi connectivity index (χ4n) is 1.57. The summed E-state index contributed by atoms with van der Waals surface area (Å²) < 4.78 is 0. The molecule has 0 rings (SSSR count). The fourth-order valence-corrected chi connectivity index (χ4v) is 1.57. The minimum atomic E-state index is -1.34. The van der Waals surface area contributed by atoms with E-state index in [9.17, 15) is 4.79 Å². The summed E-state index contributed by atoms with van der Waals surface area (Å²) in [4.78, 5) is 11.7. The van der Waals surface area contributed by atoms with E-state index in [1.54, 1.807) is 0 Å². The summed E-state index contributed by atoms with van der Waals surface area (Å²) >= 11 is 0. The second-order valence-electron chi connectivity index (χ2n) is 4.34. The third-order valence-corrected chi connectivity index (χ3v) is 3.01. The lowest BCUT2D eigenvalue weighted by molar-refractivity contribution is -0.137. The summed E-state index contributed by atoms with van der Waals surface area (Å²) in [6.45, 7) is 0.648. The number of aliphatic hydroxyl groups excluding tert-OH is 3. The standard InChI is InChI=1S/C12H24O4/c1-2-3-4-5-6-7-11(16)12(8-13,9-14)10-15/h13-15H,2-10H2,1H3. The first-order valence-corrected chi connectivity index (χ1v) is 6.02. The van der Waals surface area contributed by atoms with Gasteiger partial charge in [0.25, 0.3) is 0 Å². The van der Waals surface area contributed by atoms with Gasteiger partial charge in [-0.1, -0.05) is 32.6 Å². The molecule has 0 bridgehead atoms. The molecule has 4 nitrogen and oxygen atoms in total. The monoisotopic (exact) mass is 232 g/mol. The Labute approximate surface area is 97.3 Å². The molecule has 0 radical (unpaired) electrons. The van der Waals surface area contributed by atoms with Gasteiger partial charge in [-0.25, -0.2) is 0 Å². The van der Waals surface area contributed by atoms with E-state index in [4.69, 9.17) is 15.3 Å². The maximum atomic E-state index is 11.7. The van der Waals surface area contributed by atoms with Crippen LogP contribution in [0, 0.1) is 5.41 Å². The first-order valence-electron chi connectivity index (χ1n) is 6.02. The van der Waals surface area contributed by atoms with Crippen molar-refractivity contribution in [3.63, 3.8) is 0 Å². The molecule has 0 saturated heterocycles. The Balaban J connectivity index is 3.93. The van der Waals surface area contributed by atoms with Crippen LogP contribution in [0.4, 0.5) is 0 Å². The number of unbranched alkanes of at least 4 members (excludes halogenated alkanes) is 4. The summed E-state index contributed by atoms with van der Waals surface area (Å²) in [7, 11) is 0. The van der Waals surface area contributed by atoms with Gasteiger partial charge in [-0.15, -0.1) is 0 Å². The first-order chi connectivity index (χ1) is 7.66. The molecule has 3 N–H and O–H groups in total. The third kappa shape index (κ3) is 4.60. The van der Waals surface area contributed by atoms with Crippen molar-refractivity contribution in [3.8, 4) is 0 Å². The Morgan fingerprint density at radius 2 is 1.44 bits per heavy atom. The van der Waals surface area contributed by atoms with E-state index in [2.05, 4.69) is 6.92 Å². The van der Waals surface area contributed by atoms with Gasteiger partial charge in [0.05, 0.1) is 25.2 Å². The van der Waals surface area contributed by atoms with Gasteiger partial charge in [0.15, 0.2) is 0 Å². The summed E-state index contributed by atoms with van der Waals surface area (Å²) in [6, 6.07) is 0. The molecule has 0 atom stereocenters. The van der Waals surface area contributed by atoms with Crippen LogP contribution in [0.5, 0.6) is 0 Å². The Morgan fingerprint density at radius 3 is 1.88 bits per heavy atom. The molecule has 16 heavy (non-hydrogen) atoms. The normalized spacial score (nSPS) is 11.8. The van der Waals surface area contributed by atoms with Crippen molar-refractivity contribution in [2.75, 3.05) is 19.8 Å². The van der Waals surface area contributed by atoms with E-state index >= 15 is 0 Å². The number of rotatable bonds is 10. The van der Waals surface area contributed by atoms with Crippen LogP contribution in [0.3, 0.4) is 0 Å². The van der Waals surface area contributed by atoms with Crippen molar-refractivity contribution in [2.24, 2.45) is 5.41 Å². The minimum absolute atomic E-state index is 0.239. The zero-order valence-electron chi connectivity index (χ0n) is 10.1. The number of Topliss-reactive ketones (excluding diaryl/α,β-unsaturated/α-hetero) is 1. The van der Waals surface area contributed by atoms with Gasteiger partial charge < -0.3 is 15.3 Å². The fraction of sp³-hybridized carbons (Fsp3) is 0.917. The van der Waals surface area contributed by atoms with E-state index in [1.165, 1.54) is 6.42 Å². The Hall–Kier alpha value is -0.450. The predicted molar refractivity (Wildman–Crippen MR) is 62.1 cm³/mol. The molecular formula is C12H24O4. The molecule has 0 amide bonds. The topological polar surface area (TPSA) is 77.8 Å². The van der Waals surface area contributed by atoms with Crippen molar-refractivity contribution in [2.45, 2.75) is 45.4 Å². The largest absolute Gasteiger partial charge is 0.395 e. The molecule has 96 valence electrons. The van der Waals surface area contributed by atoms with Crippen molar-refractivity contribution in [3.05, 3.63) is 0 Å². The first kappa shape index (κ1) is 15.6. The lowest BCUT2D eigenvalue weighted by atomic mass is 9.83. The highest BCUT2D eigenvalue weighted by molar-refractivity contribution is 5.85. The van der Waals surface area contributed by atoms with Crippen molar-refractivity contribution >= 4 is 5.78 Å². The summed E-state index contributed by atoms with van der Waals surface area (Å²) in [5.41, 5.74) is -1.34. The lowest BCUT2D eigenvalue weighted by Gasteiger charge is -2.25. The van der Waals surface area contributed by atoms with Crippen LogP contribution in [0.2, 0.25) is 0 Å². The van der Waals surface area contributed by atoms with Gasteiger partial charge in [-0.2, -0.15) is 0 Å². The van der Waals surface area contributed by atoms with Gasteiger partial charge in [-0.3, -0.25) is 4.79 Å². The molecular weight excluding hydrogens is 208 g/mol. The number of hydrogen-bond donors (Lipinski definition) is 3. The molecule has 0 aromatic carbocycles. The quantitative estimate of drug-likeness (QED) is 0.489. The number of carbonyl (C=O) groups excluding carboxylic acids is 1. The van der Waals surface area contributed by atoms with Crippen molar-refractivity contribution in [1.29, 1.82) is 0 Å². The third-order valence-electron chi connectivity index (χ3n) is 3.01. The van der Waals surface area contributed by atoms with Gasteiger partial charge in [0.2, 0.25) is 0 Å². The molecule has 0 heterocycles. The SMILES string of the molecule is CCCCCCCC(=O)C(CO)(CO)CO. The van der Waals surface area contributed by atoms with E-state index in [0.717, 1.165) is 25.7 Å². The zero-order chi connectivity index (χ0) is 12.4. The second-order valence-corrected chi connectivity index (χ2v) is 4.34. The Bertz CT molecular complexity index is 179. The average Bonchev–Trinajstić information content (AvgIpc) is 2.32. The van der Waals surface area contributed by atoms with Crippen LogP contribution in [-0.2, 0) is 4.79 Å². The molecule has 0 unspecified atom stereocenters. The molecule has 0 aliphatic rings. The van der Waals surface area contributed by atoms with Crippen LogP contribution in [0.25, 0.3) is 0 Å². The van der Waals surface area contributed by atoms with Crippen LogP contribution >= 0.6 is 0 Å². The second kappa shape index (κ2) is 8.67. The Morgan fingerprint density at radius 1 is 0.938 bits per heavy atom. The lowest BCUT2D eigenvalue weighted by Crippen LogP contribution is -2.42. The number of hydrogen-bond acceptors (Lipinski definition) is 4. The summed E-state index contributed by atoms with van der Waals surface area (Å²) in [5.74, 6) is -0.239. The predicted octanol–water partition coefficient (Wildman–Crippen LogP) is 0.879. The molecule has 0 fully saturated rings. The van der Waals surface area contributed by atoms with Crippen LogP contribution in [0.15, 0.2) is 0 Å². The van der Waals surface area contributed by atoms with Crippen LogP contribution in [-0.4, -0.2) is 40.9 Å². The highest BCUT2D eigenvalue weighted by atomic mass is 16.3. The number of aliphatic hydroxyl groups is 3. The maximum absolute atomic E-state index is 11.7. The smallest absolute Gasteiger partial charge is 0.145 e. The van der Waals surface area contributed by atoms with E-state index in [1.807, 2.05) is 0 Å². The zero-order valence-corrected chi connectivity index (χ0v) is 10.1. The van der Waals surface area contributed by atoms with Crippen molar-refractivity contribution < 1.29 is 20.1 Å². The van der Waals surface area contributed by atoms with E-state index < -0.39 is 25.2 Å².